The van der Waals surface area contributed by atoms with E-state index in [0.29, 0.717) is 35.1 Å². The van der Waals surface area contributed by atoms with Crippen LogP contribution in [0.25, 0.3) is 10.9 Å². The lowest BCUT2D eigenvalue weighted by Crippen LogP contribution is -2.50. The van der Waals surface area contributed by atoms with Crippen molar-refractivity contribution in [2.24, 2.45) is 5.73 Å². The van der Waals surface area contributed by atoms with E-state index < -0.39 is 11.6 Å². The van der Waals surface area contributed by atoms with Gasteiger partial charge < -0.3 is 25.5 Å². The average molecular weight is 478 g/mol. The molecule has 0 bridgehead atoms. The van der Waals surface area contributed by atoms with Crippen molar-refractivity contribution in [3.8, 4) is 5.75 Å². The maximum Gasteiger partial charge on any atom is 0.335 e. The fourth-order valence-electron chi connectivity index (χ4n) is 3.76. The highest BCUT2D eigenvalue weighted by atomic mass is 35.5. The molecular formula is C26H24ClN3O4. The SMILES string of the molecule is CC(N)(NC(=O)c1cccc2ccn(CCOc3ccc(Cl)cc3)c12)c1ccc(C(=O)O)cc1. The second-order valence-electron chi connectivity index (χ2n) is 8.09. The van der Waals surface area contributed by atoms with Crippen LogP contribution in [0.4, 0.5) is 0 Å². The molecule has 3 aromatic carbocycles. The number of hydrogen-bond donors (Lipinski definition) is 3. The van der Waals surface area contributed by atoms with Gasteiger partial charge in [0.2, 0.25) is 0 Å². The molecule has 0 saturated heterocycles. The normalized spacial score (nSPS) is 12.8. The van der Waals surface area contributed by atoms with Crippen LogP contribution in [0, 0.1) is 0 Å². The van der Waals surface area contributed by atoms with Crippen molar-refractivity contribution < 1.29 is 19.4 Å². The summed E-state index contributed by atoms with van der Waals surface area (Å²) in [6.07, 6.45) is 1.92. The van der Waals surface area contributed by atoms with Crippen LogP contribution in [-0.4, -0.2) is 28.2 Å². The van der Waals surface area contributed by atoms with E-state index in [1.807, 2.05) is 29.0 Å². The summed E-state index contributed by atoms with van der Waals surface area (Å²) in [5.41, 5.74) is 7.19. The summed E-state index contributed by atoms with van der Waals surface area (Å²) in [6.45, 7) is 2.61. The number of aromatic carboxylic acids is 1. The van der Waals surface area contributed by atoms with E-state index in [0.717, 1.165) is 10.9 Å². The first-order valence-electron chi connectivity index (χ1n) is 10.7. The van der Waals surface area contributed by atoms with Gasteiger partial charge in [-0.3, -0.25) is 4.79 Å². The average Bonchev–Trinajstić information content (AvgIpc) is 3.23. The maximum absolute atomic E-state index is 13.3. The number of aromatic nitrogens is 1. The zero-order valence-corrected chi connectivity index (χ0v) is 19.3. The number of ether oxygens (including phenoxy) is 1. The molecule has 0 aliphatic heterocycles. The van der Waals surface area contributed by atoms with Crippen molar-refractivity contribution in [1.82, 2.24) is 9.88 Å². The van der Waals surface area contributed by atoms with E-state index >= 15 is 0 Å². The third-order valence-corrected chi connectivity index (χ3v) is 5.80. The monoisotopic (exact) mass is 477 g/mol. The van der Waals surface area contributed by atoms with Crippen LogP contribution in [0.1, 0.15) is 33.2 Å². The summed E-state index contributed by atoms with van der Waals surface area (Å²) in [6, 6.07) is 20.7. The quantitative estimate of drug-likeness (QED) is 0.321. The third kappa shape index (κ3) is 5.06. The Balaban J connectivity index is 1.52. The fraction of sp³-hybridized carbons (Fsp3) is 0.154. The number of rotatable bonds is 8. The second kappa shape index (κ2) is 9.59. The predicted octanol–water partition coefficient (Wildman–Crippen LogP) is 4.63. The highest BCUT2D eigenvalue weighted by Gasteiger charge is 2.26. The summed E-state index contributed by atoms with van der Waals surface area (Å²) in [5, 5.41) is 13.5. The maximum atomic E-state index is 13.3. The Morgan fingerprint density at radius 3 is 2.44 bits per heavy atom. The van der Waals surface area contributed by atoms with Gasteiger partial charge in [-0.05, 0) is 61.0 Å². The van der Waals surface area contributed by atoms with E-state index in [2.05, 4.69) is 5.32 Å². The zero-order valence-electron chi connectivity index (χ0n) is 18.5. The number of amides is 1. The van der Waals surface area contributed by atoms with Gasteiger partial charge in [-0.25, -0.2) is 4.79 Å². The standard InChI is InChI=1S/C26H24ClN3O4/c1-26(28,19-7-5-18(6-8-19)25(32)33)29-24(31)22-4-2-3-17-13-14-30(23(17)22)15-16-34-21-11-9-20(27)10-12-21/h2-14H,15-16,28H2,1H3,(H,29,31)(H,32,33). The van der Waals surface area contributed by atoms with Gasteiger partial charge in [-0.2, -0.15) is 0 Å². The molecule has 1 amide bonds. The number of hydrogen-bond acceptors (Lipinski definition) is 4. The molecule has 1 unspecified atom stereocenters. The van der Waals surface area contributed by atoms with Crippen molar-refractivity contribution in [3.05, 3.63) is 101 Å². The van der Waals surface area contributed by atoms with Gasteiger partial charge in [-0.15, -0.1) is 0 Å². The molecule has 7 nitrogen and oxygen atoms in total. The first kappa shape index (κ1) is 23.4. The number of nitrogens with zero attached hydrogens (tertiary/aromatic N) is 1. The minimum Gasteiger partial charge on any atom is -0.492 e. The number of carbonyl (C=O) groups is 2. The molecular weight excluding hydrogens is 454 g/mol. The molecule has 4 N–H and O–H groups in total. The van der Waals surface area contributed by atoms with Crippen LogP contribution in [0.2, 0.25) is 5.02 Å². The van der Waals surface area contributed by atoms with E-state index in [1.165, 1.54) is 12.1 Å². The molecule has 4 aromatic rings. The first-order chi connectivity index (χ1) is 16.2. The predicted molar refractivity (Wildman–Crippen MR) is 131 cm³/mol. The zero-order chi connectivity index (χ0) is 24.3. The first-order valence-corrected chi connectivity index (χ1v) is 11.0. The van der Waals surface area contributed by atoms with E-state index in [-0.39, 0.29) is 11.5 Å². The molecule has 1 aromatic heterocycles. The van der Waals surface area contributed by atoms with Crippen LogP contribution in [0.15, 0.2) is 79.0 Å². The lowest BCUT2D eigenvalue weighted by molar-refractivity contribution is 0.0696. The number of benzene rings is 3. The van der Waals surface area contributed by atoms with E-state index in [1.54, 1.807) is 49.4 Å². The number of para-hydroxylation sites is 1. The van der Waals surface area contributed by atoms with E-state index in [9.17, 15) is 9.59 Å². The molecule has 174 valence electrons. The van der Waals surface area contributed by atoms with Crippen molar-refractivity contribution in [3.63, 3.8) is 0 Å². The molecule has 34 heavy (non-hydrogen) atoms. The largest absolute Gasteiger partial charge is 0.492 e. The number of halogens is 1. The molecule has 8 heteroatoms. The topological polar surface area (TPSA) is 107 Å². The number of nitrogens with one attached hydrogen (secondary N) is 1. The Morgan fingerprint density at radius 2 is 1.76 bits per heavy atom. The molecule has 0 aliphatic rings. The molecule has 4 rings (SSSR count). The van der Waals surface area contributed by atoms with Crippen molar-refractivity contribution in [2.45, 2.75) is 19.1 Å². The summed E-state index contributed by atoms with van der Waals surface area (Å²) in [5.74, 6) is -0.648. The summed E-state index contributed by atoms with van der Waals surface area (Å²) >= 11 is 5.91. The fourth-order valence-corrected chi connectivity index (χ4v) is 3.88. The van der Waals surface area contributed by atoms with Gasteiger partial charge in [0.15, 0.2) is 0 Å². The molecule has 0 saturated carbocycles. The number of carboxylic acids is 1. The summed E-state index contributed by atoms with van der Waals surface area (Å²) < 4.78 is 7.77. The third-order valence-electron chi connectivity index (χ3n) is 5.55. The summed E-state index contributed by atoms with van der Waals surface area (Å²) in [4.78, 5) is 24.4. The number of nitrogens with two attached hydrogens (primary N) is 1. The number of carboxylic acid groups (broad SMARTS) is 1. The molecule has 1 atom stereocenters. The highest BCUT2D eigenvalue weighted by molar-refractivity contribution is 6.30. The van der Waals surface area contributed by atoms with Gasteiger partial charge in [-0.1, -0.05) is 35.9 Å². The van der Waals surface area contributed by atoms with Gasteiger partial charge >= 0.3 is 5.97 Å². The van der Waals surface area contributed by atoms with Crippen LogP contribution in [0.5, 0.6) is 5.75 Å². The second-order valence-corrected chi connectivity index (χ2v) is 8.53. The Labute approximate surface area is 201 Å². The van der Waals surface area contributed by atoms with Crippen molar-refractivity contribution in [2.75, 3.05) is 6.61 Å². The molecule has 0 fully saturated rings. The molecule has 0 radical (unpaired) electrons. The Bertz CT molecular complexity index is 1330. The Morgan fingerprint density at radius 1 is 1.06 bits per heavy atom. The van der Waals surface area contributed by atoms with Crippen LogP contribution < -0.4 is 15.8 Å². The van der Waals surface area contributed by atoms with Gasteiger partial charge in [0.1, 0.15) is 18.0 Å². The molecule has 1 heterocycles. The van der Waals surface area contributed by atoms with Gasteiger partial charge in [0.25, 0.3) is 5.91 Å². The minimum atomic E-state index is -1.20. The number of fused-ring (bicyclic) bond motifs is 1. The van der Waals surface area contributed by atoms with Crippen molar-refractivity contribution in [1.29, 1.82) is 0 Å². The highest BCUT2D eigenvalue weighted by Crippen LogP contribution is 2.23. The molecule has 0 aliphatic carbocycles. The van der Waals surface area contributed by atoms with Crippen LogP contribution in [-0.2, 0) is 12.2 Å². The van der Waals surface area contributed by atoms with E-state index in [4.69, 9.17) is 27.2 Å². The lowest BCUT2D eigenvalue weighted by Gasteiger charge is -2.27. The lowest BCUT2D eigenvalue weighted by atomic mass is 10.00. The van der Waals surface area contributed by atoms with Gasteiger partial charge in [0, 0.05) is 16.6 Å². The van der Waals surface area contributed by atoms with Crippen molar-refractivity contribution >= 4 is 34.4 Å². The van der Waals surface area contributed by atoms with Gasteiger partial charge in [0.05, 0.1) is 23.2 Å². The smallest absolute Gasteiger partial charge is 0.335 e. The molecule has 0 spiro atoms. The van der Waals surface area contributed by atoms with Crippen LogP contribution in [0.3, 0.4) is 0 Å². The van der Waals surface area contributed by atoms with Crippen LogP contribution >= 0.6 is 11.6 Å². The number of carbonyl (C=O) groups excluding carboxylic acids is 1. The Hall–Kier alpha value is -3.81. The minimum absolute atomic E-state index is 0.147. The summed E-state index contributed by atoms with van der Waals surface area (Å²) in [7, 11) is 0. The Kier molecular flexibility index (Phi) is 6.58.